The Bertz CT molecular complexity index is 418. The number of benzene rings is 1. The molecule has 0 heterocycles. The topological polar surface area (TPSA) is 74.2 Å². The van der Waals surface area contributed by atoms with Gasteiger partial charge in [-0.2, -0.15) is 0 Å². The number of carboxylic acids is 1. The molecule has 0 fully saturated rings. The van der Waals surface area contributed by atoms with Crippen molar-refractivity contribution in [3.8, 4) is 11.5 Å². The van der Waals surface area contributed by atoms with Gasteiger partial charge in [-0.05, 0) is 19.1 Å². The molecule has 6 heteroatoms. The van der Waals surface area contributed by atoms with E-state index in [9.17, 15) is 4.79 Å². The summed E-state index contributed by atoms with van der Waals surface area (Å²) in [5.74, 6) is -0.400. The normalized spacial score (nSPS) is 10.3. The van der Waals surface area contributed by atoms with Crippen LogP contribution in [0.25, 0.3) is 0 Å². The first kappa shape index (κ1) is 16.3. The van der Waals surface area contributed by atoms with Crippen molar-refractivity contribution in [3.63, 3.8) is 0 Å². The maximum Gasteiger partial charge on any atom is 0.339 e. The first-order valence-electron chi connectivity index (χ1n) is 6.39. The quantitative estimate of drug-likeness (QED) is 0.661. The molecule has 6 nitrogen and oxygen atoms in total. The summed E-state index contributed by atoms with van der Waals surface area (Å²) in [4.78, 5) is 11.2. The fourth-order valence-corrected chi connectivity index (χ4v) is 1.55. The molecule has 1 aromatic rings. The molecule has 0 amide bonds. The fraction of sp³-hybridized carbons (Fsp3) is 0.500. The highest BCUT2D eigenvalue weighted by Gasteiger charge is 2.16. The summed E-state index contributed by atoms with van der Waals surface area (Å²) >= 11 is 0. The number of carboxylic acid groups (broad SMARTS) is 1. The van der Waals surface area contributed by atoms with Crippen molar-refractivity contribution in [2.24, 2.45) is 0 Å². The summed E-state index contributed by atoms with van der Waals surface area (Å²) in [5.41, 5.74) is 0.0767. The van der Waals surface area contributed by atoms with Gasteiger partial charge in [0.15, 0.2) is 11.5 Å². The van der Waals surface area contributed by atoms with E-state index < -0.39 is 5.97 Å². The molecule has 0 atom stereocenters. The van der Waals surface area contributed by atoms with Gasteiger partial charge in [-0.3, -0.25) is 0 Å². The molecule has 0 unspecified atom stereocenters. The van der Waals surface area contributed by atoms with Crippen molar-refractivity contribution in [2.75, 3.05) is 40.1 Å². The number of hydrogen-bond acceptors (Lipinski definition) is 5. The van der Waals surface area contributed by atoms with Crippen molar-refractivity contribution >= 4 is 5.97 Å². The minimum absolute atomic E-state index is 0.0767. The molecular formula is C14H20O6. The number of methoxy groups -OCH3 is 1. The molecule has 112 valence electrons. The van der Waals surface area contributed by atoms with E-state index in [2.05, 4.69) is 0 Å². The van der Waals surface area contributed by atoms with Gasteiger partial charge >= 0.3 is 5.97 Å². The van der Waals surface area contributed by atoms with Gasteiger partial charge in [0.2, 0.25) is 0 Å². The molecule has 0 aliphatic heterocycles. The lowest BCUT2D eigenvalue weighted by Gasteiger charge is -2.14. The van der Waals surface area contributed by atoms with Crippen LogP contribution in [0.4, 0.5) is 0 Å². The lowest BCUT2D eigenvalue weighted by atomic mass is 10.2. The summed E-state index contributed by atoms with van der Waals surface area (Å²) in [6, 6.07) is 4.78. The van der Waals surface area contributed by atoms with E-state index in [4.69, 9.17) is 24.1 Å². The van der Waals surface area contributed by atoms with Crippen molar-refractivity contribution in [2.45, 2.75) is 6.92 Å². The van der Waals surface area contributed by atoms with Crippen LogP contribution in [0.5, 0.6) is 11.5 Å². The van der Waals surface area contributed by atoms with Crippen LogP contribution in [0.3, 0.4) is 0 Å². The highest BCUT2D eigenvalue weighted by atomic mass is 16.6. The van der Waals surface area contributed by atoms with E-state index in [0.717, 1.165) is 0 Å². The lowest BCUT2D eigenvalue weighted by Crippen LogP contribution is -2.12. The van der Waals surface area contributed by atoms with Crippen LogP contribution in [0.1, 0.15) is 17.3 Å². The number of ether oxygens (including phenoxy) is 4. The van der Waals surface area contributed by atoms with Gasteiger partial charge in [0.1, 0.15) is 12.2 Å². The molecule has 20 heavy (non-hydrogen) atoms. The molecule has 0 spiro atoms. The van der Waals surface area contributed by atoms with E-state index >= 15 is 0 Å². The Labute approximate surface area is 118 Å². The zero-order valence-corrected chi connectivity index (χ0v) is 11.8. The highest BCUT2D eigenvalue weighted by Crippen LogP contribution is 2.31. The maximum atomic E-state index is 11.2. The maximum absolute atomic E-state index is 11.2. The van der Waals surface area contributed by atoms with Crippen molar-refractivity contribution in [1.82, 2.24) is 0 Å². The van der Waals surface area contributed by atoms with Crippen LogP contribution in [-0.2, 0) is 9.47 Å². The standard InChI is InChI=1S/C14H20O6/c1-3-19-12-6-4-5-11(14(15)16)13(12)20-10-9-18-8-7-17-2/h4-6H,3,7-10H2,1-2H3,(H,15,16). The van der Waals surface area contributed by atoms with E-state index in [1.165, 1.54) is 6.07 Å². The molecule has 0 aliphatic rings. The molecule has 1 N–H and O–H groups in total. The average Bonchev–Trinajstić information content (AvgIpc) is 2.44. The fourth-order valence-electron chi connectivity index (χ4n) is 1.55. The van der Waals surface area contributed by atoms with Gasteiger partial charge in [0.05, 0.1) is 26.4 Å². The van der Waals surface area contributed by atoms with Crippen LogP contribution < -0.4 is 9.47 Å². The van der Waals surface area contributed by atoms with Crippen LogP contribution in [0.2, 0.25) is 0 Å². The van der Waals surface area contributed by atoms with Crippen LogP contribution in [0.15, 0.2) is 18.2 Å². The number of rotatable bonds is 10. The number of carbonyl (C=O) groups is 1. The second-order valence-corrected chi connectivity index (χ2v) is 3.82. The molecule has 1 rings (SSSR count). The minimum atomic E-state index is -1.05. The summed E-state index contributed by atoms with van der Waals surface area (Å²) in [6.07, 6.45) is 0. The zero-order valence-electron chi connectivity index (χ0n) is 11.8. The van der Waals surface area contributed by atoms with Gasteiger partial charge < -0.3 is 24.1 Å². The van der Waals surface area contributed by atoms with Crippen molar-refractivity contribution in [3.05, 3.63) is 23.8 Å². The monoisotopic (exact) mass is 284 g/mol. The first-order valence-corrected chi connectivity index (χ1v) is 6.39. The smallest absolute Gasteiger partial charge is 0.339 e. The van der Waals surface area contributed by atoms with E-state index in [0.29, 0.717) is 32.2 Å². The predicted octanol–water partition coefficient (Wildman–Crippen LogP) is 1.83. The van der Waals surface area contributed by atoms with Crippen LogP contribution in [-0.4, -0.2) is 51.2 Å². The third kappa shape index (κ3) is 5.07. The summed E-state index contributed by atoms with van der Waals surface area (Å²) in [5, 5.41) is 9.15. The molecule has 1 aromatic carbocycles. The van der Waals surface area contributed by atoms with Gasteiger partial charge in [0.25, 0.3) is 0 Å². The van der Waals surface area contributed by atoms with E-state index in [-0.39, 0.29) is 17.9 Å². The Hall–Kier alpha value is -1.79. The molecule has 0 aliphatic carbocycles. The van der Waals surface area contributed by atoms with Crippen molar-refractivity contribution < 1.29 is 28.8 Å². The molecule has 0 bridgehead atoms. The highest BCUT2D eigenvalue weighted by molar-refractivity contribution is 5.92. The van der Waals surface area contributed by atoms with Gasteiger partial charge in [-0.1, -0.05) is 6.07 Å². The van der Waals surface area contributed by atoms with Crippen molar-refractivity contribution in [1.29, 1.82) is 0 Å². The van der Waals surface area contributed by atoms with E-state index in [1.54, 1.807) is 19.2 Å². The molecule has 0 radical (unpaired) electrons. The third-order valence-corrected chi connectivity index (χ3v) is 2.42. The summed E-state index contributed by atoms with van der Waals surface area (Å²) < 4.78 is 21.0. The average molecular weight is 284 g/mol. The van der Waals surface area contributed by atoms with Gasteiger partial charge in [-0.15, -0.1) is 0 Å². The minimum Gasteiger partial charge on any atom is -0.490 e. The summed E-state index contributed by atoms with van der Waals surface area (Å²) in [7, 11) is 1.59. The SMILES string of the molecule is CCOc1cccc(C(=O)O)c1OCCOCCOC. The Balaban J connectivity index is 2.63. The zero-order chi connectivity index (χ0) is 14.8. The number of para-hydroxylation sites is 1. The molecule has 0 saturated carbocycles. The van der Waals surface area contributed by atoms with Gasteiger partial charge in [-0.25, -0.2) is 4.79 Å². The first-order chi connectivity index (χ1) is 9.70. The van der Waals surface area contributed by atoms with Crippen LogP contribution in [0, 0.1) is 0 Å². The largest absolute Gasteiger partial charge is 0.490 e. The molecule has 0 saturated heterocycles. The predicted molar refractivity (Wildman–Crippen MR) is 72.8 cm³/mol. The Morgan fingerprint density at radius 1 is 1.15 bits per heavy atom. The van der Waals surface area contributed by atoms with Gasteiger partial charge in [0, 0.05) is 7.11 Å². The third-order valence-electron chi connectivity index (χ3n) is 2.42. The van der Waals surface area contributed by atoms with Crippen LogP contribution >= 0.6 is 0 Å². The molecular weight excluding hydrogens is 264 g/mol. The number of aromatic carboxylic acids is 1. The Morgan fingerprint density at radius 3 is 2.55 bits per heavy atom. The molecule has 0 aromatic heterocycles. The van der Waals surface area contributed by atoms with E-state index in [1.807, 2.05) is 6.92 Å². The Kier molecular flexibility index (Phi) is 7.46. The second kappa shape index (κ2) is 9.17. The second-order valence-electron chi connectivity index (χ2n) is 3.82. The Morgan fingerprint density at radius 2 is 1.90 bits per heavy atom. The lowest BCUT2D eigenvalue weighted by molar-refractivity contribution is 0.0529. The summed E-state index contributed by atoms with van der Waals surface area (Å²) in [6.45, 7) is 3.83. The number of hydrogen-bond donors (Lipinski definition) is 1.